The number of imidazole rings is 1. The quantitative estimate of drug-likeness (QED) is 0.792. The highest BCUT2D eigenvalue weighted by Gasteiger charge is 2.32. The minimum absolute atomic E-state index is 0.000935. The Bertz CT molecular complexity index is 870. The lowest BCUT2D eigenvalue weighted by Gasteiger charge is -2.23. The van der Waals surface area contributed by atoms with E-state index in [1.54, 1.807) is 0 Å². The molecule has 2 aromatic carbocycles. The molecule has 0 saturated carbocycles. The third-order valence-electron chi connectivity index (χ3n) is 4.65. The van der Waals surface area contributed by atoms with Crippen LogP contribution >= 0.6 is 0 Å². The summed E-state index contributed by atoms with van der Waals surface area (Å²) >= 11 is 0. The summed E-state index contributed by atoms with van der Waals surface area (Å²) in [6.07, 6.45) is 1.91. The van der Waals surface area contributed by atoms with E-state index in [4.69, 9.17) is 4.74 Å². The minimum atomic E-state index is 0.000935. The smallest absolute Gasteiger partial charge is 0.261 e. The Morgan fingerprint density at radius 3 is 3.00 bits per heavy atom. The molecule has 1 aliphatic rings. The number of rotatable bonds is 4. The molecule has 0 aliphatic carbocycles. The second-order valence-corrected chi connectivity index (χ2v) is 6.49. The number of fused-ring (bicyclic) bond motifs is 1. The highest BCUT2D eigenvalue weighted by molar-refractivity contribution is 5.79. The van der Waals surface area contributed by atoms with Crippen LogP contribution in [-0.4, -0.2) is 33.9 Å². The monoisotopic (exact) mass is 335 g/mol. The van der Waals surface area contributed by atoms with Gasteiger partial charge in [0.2, 0.25) is 0 Å². The van der Waals surface area contributed by atoms with Crippen molar-refractivity contribution in [2.24, 2.45) is 0 Å². The Morgan fingerprint density at radius 1 is 1.28 bits per heavy atom. The van der Waals surface area contributed by atoms with Gasteiger partial charge in [0.25, 0.3) is 5.91 Å². The van der Waals surface area contributed by atoms with E-state index in [1.165, 1.54) is 0 Å². The summed E-state index contributed by atoms with van der Waals surface area (Å²) in [5.74, 6) is 1.60. The summed E-state index contributed by atoms with van der Waals surface area (Å²) in [4.78, 5) is 22.6. The predicted molar refractivity (Wildman–Crippen MR) is 96.5 cm³/mol. The number of ether oxygens (including phenoxy) is 1. The van der Waals surface area contributed by atoms with Gasteiger partial charge < -0.3 is 14.6 Å². The Balaban J connectivity index is 1.47. The van der Waals surface area contributed by atoms with Crippen molar-refractivity contribution in [3.63, 3.8) is 0 Å². The molecular weight excluding hydrogens is 314 g/mol. The van der Waals surface area contributed by atoms with Gasteiger partial charge in [-0.1, -0.05) is 24.3 Å². The van der Waals surface area contributed by atoms with Crippen molar-refractivity contribution >= 4 is 16.9 Å². The summed E-state index contributed by atoms with van der Waals surface area (Å²) in [6.45, 7) is 2.81. The van der Waals surface area contributed by atoms with Crippen LogP contribution in [0.25, 0.3) is 11.0 Å². The van der Waals surface area contributed by atoms with E-state index in [2.05, 4.69) is 9.97 Å². The largest absolute Gasteiger partial charge is 0.484 e. The Morgan fingerprint density at radius 2 is 2.16 bits per heavy atom. The van der Waals surface area contributed by atoms with Gasteiger partial charge in [0.15, 0.2) is 6.61 Å². The molecular formula is C20H21N3O2. The molecule has 1 atom stereocenters. The lowest BCUT2D eigenvalue weighted by atomic mass is 10.2. The summed E-state index contributed by atoms with van der Waals surface area (Å²) in [7, 11) is 0. The van der Waals surface area contributed by atoms with Crippen LogP contribution in [0.3, 0.4) is 0 Å². The van der Waals surface area contributed by atoms with Crippen LogP contribution in [0.1, 0.15) is 30.3 Å². The molecule has 0 spiro atoms. The third kappa shape index (κ3) is 3.22. The molecule has 4 rings (SSSR count). The fourth-order valence-electron chi connectivity index (χ4n) is 3.41. The van der Waals surface area contributed by atoms with Gasteiger partial charge in [0.05, 0.1) is 17.1 Å². The number of aromatic nitrogens is 2. The van der Waals surface area contributed by atoms with Crippen molar-refractivity contribution in [3.05, 3.63) is 59.9 Å². The normalized spacial score (nSPS) is 17.2. The number of nitrogens with one attached hydrogen (secondary N) is 1. The minimum Gasteiger partial charge on any atom is -0.484 e. The summed E-state index contributed by atoms with van der Waals surface area (Å²) in [5.41, 5.74) is 3.06. The Kier molecular flexibility index (Phi) is 4.14. The molecule has 2 heterocycles. The van der Waals surface area contributed by atoms with Gasteiger partial charge >= 0.3 is 0 Å². The number of amides is 1. The van der Waals surface area contributed by atoms with Crippen LogP contribution in [0.2, 0.25) is 0 Å². The van der Waals surface area contributed by atoms with Gasteiger partial charge in [-0.3, -0.25) is 4.79 Å². The number of para-hydroxylation sites is 2. The molecule has 1 unspecified atom stereocenters. The number of hydrogen-bond donors (Lipinski definition) is 1. The standard InChI is InChI=1S/C20H21N3O2/c1-14-6-4-7-15(12-14)25-13-19(24)23-11-5-10-18(23)20-21-16-8-2-3-9-17(16)22-20/h2-4,6-9,12,18H,5,10-11,13H2,1H3,(H,21,22). The van der Waals surface area contributed by atoms with Gasteiger partial charge in [-0.15, -0.1) is 0 Å². The Labute approximate surface area is 146 Å². The third-order valence-corrected chi connectivity index (χ3v) is 4.65. The number of aryl methyl sites for hydroxylation is 1. The van der Waals surface area contributed by atoms with E-state index >= 15 is 0 Å². The van der Waals surface area contributed by atoms with E-state index in [-0.39, 0.29) is 18.6 Å². The number of carbonyl (C=O) groups is 1. The molecule has 1 fully saturated rings. The van der Waals surface area contributed by atoms with E-state index in [0.29, 0.717) is 0 Å². The first-order valence-corrected chi connectivity index (χ1v) is 8.64. The lowest BCUT2D eigenvalue weighted by Crippen LogP contribution is -2.34. The predicted octanol–water partition coefficient (Wildman–Crippen LogP) is 3.61. The van der Waals surface area contributed by atoms with E-state index in [9.17, 15) is 4.79 Å². The average Bonchev–Trinajstić information content (AvgIpc) is 3.26. The number of H-pyrrole nitrogens is 1. The van der Waals surface area contributed by atoms with Crippen molar-refractivity contribution in [1.82, 2.24) is 14.9 Å². The zero-order chi connectivity index (χ0) is 17.2. The van der Waals surface area contributed by atoms with E-state index < -0.39 is 0 Å². The summed E-state index contributed by atoms with van der Waals surface area (Å²) in [5, 5.41) is 0. The molecule has 1 aromatic heterocycles. The zero-order valence-electron chi connectivity index (χ0n) is 14.2. The maximum Gasteiger partial charge on any atom is 0.261 e. The van der Waals surface area contributed by atoms with Gasteiger partial charge in [-0.25, -0.2) is 4.98 Å². The average molecular weight is 335 g/mol. The van der Waals surface area contributed by atoms with Crippen molar-refractivity contribution < 1.29 is 9.53 Å². The SMILES string of the molecule is Cc1cccc(OCC(=O)N2CCCC2c2nc3ccccc3[nH]2)c1. The van der Waals surface area contributed by atoms with E-state index in [0.717, 1.165) is 47.6 Å². The molecule has 5 heteroatoms. The van der Waals surface area contributed by atoms with E-state index in [1.807, 2.05) is 60.4 Å². The van der Waals surface area contributed by atoms with Crippen molar-refractivity contribution in [2.45, 2.75) is 25.8 Å². The molecule has 128 valence electrons. The first-order valence-electron chi connectivity index (χ1n) is 8.64. The van der Waals surface area contributed by atoms with Gasteiger partial charge in [0.1, 0.15) is 11.6 Å². The van der Waals surface area contributed by atoms with Gasteiger partial charge in [-0.2, -0.15) is 0 Å². The molecule has 1 aliphatic heterocycles. The highest BCUT2D eigenvalue weighted by Crippen LogP contribution is 2.31. The number of nitrogens with zero attached hydrogens (tertiary/aromatic N) is 2. The van der Waals surface area contributed by atoms with Crippen molar-refractivity contribution in [2.75, 3.05) is 13.2 Å². The molecule has 1 amide bonds. The summed E-state index contributed by atoms with van der Waals surface area (Å²) < 4.78 is 5.68. The van der Waals surface area contributed by atoms with Crippen LogP contribution < -0.4 is 4.74 Å². The van der Waals surface area contributed by atoms with Crippen molar-refractivity contribution in [1.29, 1.82) is 0 Å². The second-order valence-electron chi connectivity index (χ2n) is 6.49. The van der Waals surface area contributed by atoms with Gasteiger partial charge in [-0.05, 0) is 49.6 Å². The number of aromatic amines is 1. The maximum absolute atomic E-state index is 12.7. The van der Waals surface area contributed by atoms with Crippen molar-refractivity contribution in [3.8, 4) is 5.75 Å². The molecule has 1 saturated heterocycles. The molecule has 0 radical (unpaired) electrons. The second kappa shape index (κ2) is 6.59. The lowest BCUT2D eigenvalue weighted by molar-refractivity contribution is -0.134. The van der Waals surface area contributed by atoms with Crippen LogP contribution in [0.15, 0.2) is 48.5 Å². The molecule has 0 bridgehead atoms. The summed E-state index contributed by atoms with van der Waals surface area (Å²) in [6, 6.07) is 15.7. The molecule has 1 N–H and O–H groups in total. The van der Waals surface area contributed by atoms with Crippen LogP contribution in [-0.2, 0) is 4.79 Å². The number of hydrogen-bond acceptors (Lipinski definition) is 3. The number of benzene rings is 2. The Hall–Kier alpha value is -2.82. The first-order chi connectivity index (χ1) is 12.2. The van der Waals surface area contributed by atoms with Crippen LogP contribution in [0.5, 0.6) is 5.75 Å². The maximum atomic E-state index is 12.7. The van der Waals surface area contributed by atoms with Gasteiger partial charge in [0, 0.05) is 6.54 Å². The molecule has 3 aromatic rings. The molecule has 5 nitrogen and oxygen atoms in total. The number of carbonyl (C=O) groups excluding carboxylic acids is 1. The fraction of sp³-hybridized carbons (Fsp3) is 0.300. The topological polar surface area (TPSA) is 58.2 Å². The van der Waals surface area contributed by atoms with Crippen LogP contribution in [0, 0.1) is 6.92 Å². The first kappa shape index (κ1) is 15.7. The number of likely N-dealkylation sites (tertiary alicyclic amines) is 1. The zero-order valence-corrected chi connectivity index (χ0v) is 14.2. The molecule has 25 heavy (non-hydrogen) atoms. The fourth-order valence-corrected chi connectivity index (χ4v) is 3.41. The van der Waals surface area contributed by atoms with Crippen LogP contribution in [0.4, 0.5) is 0 Å². The highest BCUT2D eigenvalue weighted by atomic mass is 16.5.